The van der Waals surface area contributed by atoms with E-state index >= 15 is 0 Å². The average Bonchev–Trinajstić information content (AvgIpc) is 2.78. The lowest BCUT2D eigenvalue weighted by atomic mass is 10.2. The highest BCUT2D eigenvalue weighted by atomic mass is 79.9. The zero-order valence-electron chi connectivity index (χ0n) is 9.89. The molecule has 0 aliphatic heterocycles. The van der Waals surface area contributed by atoms with Crippen LogP contribution in [0.2, 0.25) is 0 Å². The number of hydrogen-bond donors (Lipinski definition) is 1. The summed E-state index contributed by atoms with van der Waals surface area (Å²) in [4.78, 5) is 11.5. The number of nitrogens with one attached hydrogen (secondary N) is 1. The summed E-state index contributed by atoms with van der Waals surface area (Å²) in [5, 5.41) is 16.1. The maximum Gasteiger partial charge on any atom is 0.271 e. The lowest BCUT2D eigenvalue weighted by molar-refractivity contribution is -0.384. The first-order valence-electron chi connectivity index (χ1n) is 5.42. The number of nitro benzene ring substituents is 1. The van der Waals surface area contributed by atoms with Gasteiger partial charge in [-0.15, -0.1) is 11.3 Å². The smallest absolute Gasteiger partial charge is 0.271 e. The van der Waals surface area contributed by atoms with Gasteiger partial charge in [0.25, 0.3) is 5.69 Å². The van der Waals surface area contributed by atoms with Crippen LogP contribution in [0, 0.1) is 10.1 Å². The molecule has 19 heavy (non-hydrogen) atoms. The van der Waals surface area contributed by atoms with Crippen LogP contribution in [0.4, 0.5) is 11.4 Å². The van der Waals surface area contributed by atoms with E-state index in [1.165, 1.54) is 12.1 Å². The molecular formula is C12H10Br2N2O2S. The van der Waals surface area contributed by atoms with Crippen LogP contribution >= 0.6 is 43.2 Å². The summed E-state index contributed by atoms with van der Waals surface area (Å²) in [5.41, 5.74) is 0.788. The van der Waals surface area contributed by atoms with Gasteiger partial charge in [0.05, 0.1) is 16.7 Å². The second-order valence-corrected chi connectivity index (χ2v) is 6.67. The molecule has 2 aromatic rings. The van der Waals surface area contributed by atoms with Crippen molar-refractivity contribution in [2.45, 2.75) is 13.0 Å². The van der Waals surface area contributed by atoms with Crippen molar-refractivity contribution in [1.82, 2.24) is 0 Å². The topological polar surface area (TPSA) is 55.2 Å². The van der Waals surface area contributed by atoms with E-state index in [1.54, 1.807) is 17.4 Å². The average molecular weight is 406 g/mol. The molecule has 1 heterocycles. The fraction of sp³-hybridized carbons (Fsp3) is 0.167. The summed E-state index contributed by atoms with van der Waals surface area (Å²) in [7, 11) is 0. The Balaban J connectivity index is 2.22. The number of nitro groups is 1. The van der Waals surface area contributed by atoms with E-state index in [1.807, 2.05) is 18.4 Å². The van der Waals surface area contributed by atoms with E-state index in [2.05, 4.69) is 37.2 Å². The standard InChI is InChI=1S/C12H10Br2N2O2S/c1-7(12-4-8(13)6-19-12)15-11-5-9(16(17)18)2-3-10(11)14/h2-7,15H,1H3. The molecule has 0 aliphatic carbocycles. The Bertz CT molecular complexity index is 616. The largest absolute Gasteiger partial charge is 0.377 e. The number of hydrogen-bond acceptors (Lipinski definition) is 4. The van der Waals surface area contributed by atoms with Crippen molar-refractivity contribution in [1.29, 1.82) is 0 Å². The number of rotatable bonds is 4. The molecule has 1 unspecified atom stereocenters. The van der Waals surface area contributed by atoms with Crippen LogP contribution in [-0.4, -0.2) is 4.92 Å². The summed E-state index contributed by atoms with van der Waals surface area (Å²) >= 11 is 8.44. The van der Waals surface area contributed by atoms with Crippen LogP contribution in [0.5, 0.6) is 0 Å². The first kappa shape index (κ1) is 14.5. The molecular weight excluding hydrogens is 396 g/mol. The monoisotopic (exact) mass is 404 g/mol. The Morgan fingerprint density at radius 1 is 1.37 bits per heavy atom. The summed E-state index contributed by atoms with van der Waals surface area (Å²) in [6.45, 7) is 2.02. The van der Waals surface area contributed by atoms with Gasteiger partial charge in [-0.25, -0.2) is 0 Å². The molecule has 1 aromatic carbocycles. The van der Waals surface area contributed by atoms with Gasteiger partial charge >= 0.3 is 0 Å². The molecule has 2 rings (SSSR count). The summed E-state index contributed by atoms with van der Waals surface area (Å²) in [5.74, 6) is 0. The highest BCUT2D eigenvalue weighted by Gasteiger charge is 2.13. The highest BCUT2D eigenvalue weighted by Crippen LogP contribution is 2.32. The fourth-order valence-electron chi connectivity index (χ4n) is 1.60. The predicted molar refractivity (Wildman–Crippen MR) is 84.9 cm³/mol. The van der Waals surface area contributed by atoms with Gasteiger partial charge in [0.2, 0.25) is 0 Å². The van der Waals surface area contributed by atoms with E-state index in [0.29, 0.717) is 5.69 Å². The van der Waals surface area contributed by atoms with Gasteiger partial charge in [-0.2, -0.15) is 0 Å². The zero-order chi connectivity index (χ0) is 14.0. The van der Waals surface area contributed by atoms with Crippen molar-refractivity contribution >= 4 is 54.6 Å². The minimum absolute atomic E-state index is 0.0743. The van der Waals surface area contributed by atoms with Gasteiger partial charge in [0, 0.05) is 31.3 Å². The Morgan fingerprint density at radius 2 is 2.11 bits per heavy atom. The Kier molecular flexibility index (Phi) is 4.59. The molecule has 0 amide bonds. The van der Waals surface area contributed by atoms with Crippen molar-refractivity contribution in [3.05, 3.63) is 53.6 Å². The van der Waals surface area contributed by atoms with E-state index in [-0.39, 0.29) is 11.7 Å². The molecule has 0 fully saturated rings. The number of non-ortho nitro benzene ring substituents is 1. The van der Waals surface area contributed by atoms with Crippen molar-refractivity contribution in [3.8, 4) is 0 Å². The minimum Gasteiger partial charge on any atom is -0.377 e. The maximum absolute atomic E-state index is 10.8. The second kappa shape index (κ2) is 6.02. The Hall–Kier alpha value is -0.920. The third kappa shape index (κ3) is 3.55. The summed E-state index contributed by atoms with van der Waals surface area (Å²) in [6, 6.07) is 6.80. The van der Waals surface area contributed by atoms with Crippen molar-refractivity contribution in [2.24, 2.45) is 0 Å². The van der Waals surface area contributed by atoms with Gasteiger partial charge in [0.15, 0.2) is 0 Å². The van der Waals surface area contributed by atoms with Crippen molar-refractivity contribution in [2.75, 3.05) is 5.32 Å². The van der Waals surface area contributed by atoms with Crippen LogP contribution in [0.1, 0.15) is 17.8 Å². The third-order valence-electron chi connectivity index (χ3n) is 2.55. The van der Waals surface area contributed by atoms with Crippen LogP contribution in [0.25, 0.3) is 0 Å². The molecule has 0 spiro atoms. The second-order valence-electron chi connectivity index (χ2n) is 3.95. The molecule has 0 bridgehead atoms. The molecule has 0 radical (unpaired) electrons. The van der Waals surface area contributed by atoms with Crippen LogP contribution < -0.4 is 5.32 Å². The number of halogens is 2. The normalized spacial score (nSPS) is 12.2. The first-order chi connectivity index (χ1) is 8.97. The minimum atomic E-state index is -0.399. The number of benzene rings is 1. The zero-order valence-corrected chi connectivity index (χ0v) is 13.9. The molecule has 0 saturated carbocycles. The molecule has 0 saturated heterocycles. The molecule has 100 valence electrons. The van der Waals surface area contributed by atoms with E-state index in [0.717, 1.165) is 13.8 Å². The van der Waals surface area contributed by atoms with Crippen LogP contribution in [-0.2, 0) is 0 Å². The molecule has 4 nitrogen and oxygen atoms in total. The highest BCUT2D eigenvalue weighted by molar-refractivity contribution is 9.10. The first-order valence-corrected chi connectivity index (χ1v) is 7.88. The molecule has 7 heteroatoms. The van der Waals surface area contributed by atoms with E-state index in [4.69, 9.17) is 0 Å². The van der Waals surface area contributed by atoms with Gasteiger partial charge < -0.3 is 5.32 Å². The van der Waals surface area contributed by atoms with Crippen molar-refractivity contribution in [3.63, 3.8) is 0 Å². The van der Waals surface area contributed by atoms with Crippen LogP contribution in [0.3, 0.4) is 0 Å². The fourth-order valence-corrected chi connectivity index (χ4v) is 3.41. The SMILES string of the molecule is CC(Nc1cc([N+](=O)[O-])ccc1Br)c1cc(Br)cs1. The maximum atomic E-state index is 10.8. The lowest BCUT2D eigenvalue weighted by Crippen LogP contribution is -2.05. The number of thiophene rings is 1. The third-order valence-corrected chi connectivity index (χ3v) is 5.12. The van der Waals surface area contributed by atoms with Crippen molar-refractivity contribution < 1.29 is 4.92 Å². The van der Waals surface area contributed by atoms with Gasteiger partial charge in [0.1, 0.15) is 0 Å². The van der Waals surface area contributed by atoms with E-state index in [9.17, 15) is 10.1 Å². The van der Waals surface area contributed by atoms with Gasteiger partial charge in [-0.1, -0.05) is 0 Å². The molecule has 1 aromatic heterocycles. The Labute approximate surface area is 131 Å². The predicted octanol–water partition coefficient (Wildman–Crippen LogP) is 5.35. The van der Waals surface area contributed by atoms with Gasteiger partial charge in [-0.05, 0) is 50.9 Å². The lowest BCUT2D eigenvalue weighted by Gasteiger charge is -2.14. The quantitative estimate of drug-likeness (QED) is 0.550. The number of nitrogens with zero attached hydrogens (tertiary/aromatic N) is 1. The molecule has 1 atom stereocenters. The summed E-state index contributed by atoms with van der Waals surface area (Å²) < 4.78 is 1.85. The number of anilines is 1. The summed E-state index contributed by atoms with van der Waals surface area (Å²) in [6.07, 6.45) is 0. The molecule has 1 N–H and O–H groups in total. The Morgan fingerprint density at radius 3 is 2.68 bits per heavy atom. The van der Waals surface area contributed by atoms with Crippen LogP contribution in [0.15, 0.2) is 38.6 Å². The molecule has 0 aliphatic rings. The van der Waals surface area contributed by atoms with Gasteiger partial charge in [-0.3, -0.25) is 10.1 Å². The van der Waals surface area contributed by atoms with E-state index < -0.39 is 4.92 Å².